The second-order valence-electron chi connectivity index (χ2n) is 5.71. The molecule has 1 amide bonds. The van der Waals surface area contributed by atoms with Gasteiger partial charge in [-0.3, -0.25) is 4.79 Å². The Morgan fingerprint density at radius 3 is 1.97 bits per heavy atom. The van der Waals surface area contributed by atoms with Crippen LogP contribution >= 0.6 is 46.4 Å². The number of benzene rings is 3. The molecule has 0 saturated carbocycles. The maximum absolute atomic E-state index is 12.8. The Morgan fingerprint density at radius 1 is 0.759 bits per heavy atom. The van der Waals surface area contributed by atoms with Gasteiger partial charge < -0.3 is 15.2 Å². The van der Waals surface area contributed by atoms with Crippen LogP contribution < -0.4 is 10.1 Å². The number of aromatic carboxylic acids is 1. The summed E-state index contributed by atoms with van der Waals surface area (Å²) in [6.07, 6.45) is 0. The van der Waals surface area contributed by atoms with Crippen molar-refractivity contribution in [3.63, 3.8) is 0 Å². The number of hydrogen-bond acceptors (Lipinski definition) is 3. The van der Waals surface area contributed by atoms with Gasteiger partial charge in [0.05, 0.1) is 31.2 Å². The van der Waals surface area contributed by atoms with Crippen LogP contribution in [0.25, 0.3) is 0 Å². The number of carbonyl (C=O) groups excluding carboxylic acids is 1. The van der Waals surface area contributed by atoms with E-state index in [1.807, 2.05) is 18.2 Å². The summed E-state index contributed by atoms with van der Waals surface area (Å²) in [4.78, 5) is 24.4. The van der Waals surface area contributed by atoms with E-state index in [1.54, 1.807) is 36.4 Å². The molecule has 148 valence electrons. The summed E-state index contributed by atoms with van der Waals surface area (Å²) < 4.78 is 5.71. The van der Waals surface area contributed by atoms with Crippen molar-refractivity contribution in [1.29, 1.82) is 0 Å². The fraction of sp³-hybridized carbons (Fsp3) is 0. The third-order valence-electron chi connectivity index (χ3n) is 3.78. The highest BCUT2D eigenvalue weighted by Crippen LogP contribution is 2.41. The number of carboxylic acid groups (broad SMARTS) is 1. The van der Waals surface area contributed by atoms with E-state index in [2.05, 4.69) is 5.32 Å². The van der Waals surface area contributed by atoms with E-state index in [0.717, 1.165) is 0 Å². The molecule has 0 spiro atoms. The minimum absolute atomic E-state index is 0.213. The van der Waals surface area contributed by atoms with Gasteiger partial charge in [0.25, 0.3) is 5.91 Å². The van der Waals surface area contributed by atoms with Crippen LogP contribution in [-0.2, 0) is 0 Å². The molecular weight excluding hydrogens is 460 g/mol. The molecule has 3 aromatic carbocycles. The van der Waals surface area contributed by atoms with Crippen molar-refractivity contribution in [2.45, 2.75) is 0 Å². The molecule has 0 aliphatic heterocycles. The maximum atomic E-state index is 12.8. The molecule has 0 fully saturated rings. The fourth-order valence-corrected chi connectivity index (χ4v) is 3.52. The van der Waals surface area contributed by atoms with Crippen LogP contribution in [0.1, 0.15) is 20.7 Å². The van der Waals surface area contributed by atoms with Gasteiger partial charge in [-0.2, -0.15) is 0 Å². The molecule has 0 radical (unpaired) electrons. The Labute approximate surface area is 185 Å². The summed E-state index contributed by atoms with van der Waals surface area (Å²) in [7, 11) is 0. The molecule has 0 heterocycles. The van der Waals surface area contributed by atoms with Crippen LogP contribution in [0, 0.1) is 0 Å². The van der Waals surface area contributed by atoms with Crippen LogP contribution in [0.3, 0.4) is 0 Å². The molecular formula is C20H11Cl4NO4. The standard InChI is InChI=1S/C20H11Cl4NO4/c21-15-13(14(20(27)28)16(22)18(24)17(15)23)19(26)25-10-5-4-8-12(9-10)29-11-6-2-1-3-7-11/h1-9H,(H,25,26)(H,27,28). The number of amides is 1. The number of anilines is 1. The zero-order valence-electron chi connectivity index (χ0n) is 14.4. The second kappa shape index (κ2) is 8.93. The summed E-state index contributed by atoms with van der Waals surface area (Å²) in [5.74, 6) is -1.21. The first-order chi connectivity index (χ1) is 13.8. The van der Waals surface area contributed by atoms with Crippen molar-refractivity contribution in [1.82, 2.24) is 0 Å². The van der Waals surface area contributed by atoms with Crippen molar-refractivity contribution >= 4 is 64.0 Å². The van der Waals surface area contributed by atoms with E-state index in [-0.39, 0.29) is 20.1 Å². The van der Waals surface area contributed by atoms with E-state index >= 15 is 0 Å². The molecule has 3 rings (SSSR count). The predicted octanol–water partition coefficient (Wildman–Crippen LogP) is 7.04. The zero-order valence-corrected chi connectivity index (χ0v) is 17.4. The molecule has 0 atom stereocenters. The van der Waals surface area contributed by atoms with Gasteiger partial charge in [0.1, 0.15) is 11.5 Å². The van der Waals surface area contributed by atoms with Crippen LogP contribution in [0.4, 0.5) is 5.69 Å². The molecule has 3 aromatic rings. The van der Waals surface area contributed by atoms with Gasteiger partial charge in [-0.05, 0) is 24.3 Å². The number of nitrogens with one attached hydrogen (secondary N) is 1. The Balaban J connectivity index is 1.93. The van der Waals surface area contributed by atoms with Crippen molar-refractivity contribution in [2.24, 2.45) is 0 Å². The average molecular weight is 471 g/mol. The highest BCUT2D eigenvalue weighted by molar-refractivity contribution is 6.54. The Morgan fingerprint density at radius 2 is 1.34 bits per heavy atom. The van der Waals surface area contributed by atoms with Gasteiger partial charge >= 0.3 is 5.97 Å². The Kier molecular flexibility index (Phi) is 6.55. The van der Waals surface area contributed by atoms with Crippen LogP contribution in [0.15, 0.2) is 54.6 Å². The molecule has 0 unspecified atom stereocenters. The Hall–Kier alpha value is -2.44. The molecule has 2 N–H and O–H groups in total. The van der Waals surface area contributed by atoms with E-state index in [0.29, 0.717) is 17.2 Å². The van der Waals surface area contributed by atoms with Gasteiger partial charge in [0, 0.05) is 11.8 Å². The number of para-hydroxylation sites is 1. The zero-order chi connectivity index (χ0) is 21.1. The van der Waals surface area contributed by atoms with Gasteiger partial charge in [0.15, 0.2) is 0 Å². The van der Waals surface area contributed by atoms with E-state index in [9.17, 15) is 14.7 Å². The third-order valence-corrected chi connectivity index (χ3v) is 5.58. The lowest BCUT2D eigenvalue weighted by Gasteiger charge is -2.14. The maximum Gasteiger partial charge on any atom is 0.338 e. The number of carbonyl (C=O) groups is 2. The van der Waals surface area contributed by atoms with E-state index < -0.39 is 23.0 Å². The van der Waals surface area contributed by atoms with Gasteiger partial charge in [0.2, 0.25) is 0 Å². The SMILES string of the molecule is O=C(O)c1c(Cl)c(Cl)c(Cl)c(Cl)c1C(=O)Nc1cccc(Oc2ccccc2)c1. The van der Waals surface area contributed by atoms with Gasteiger partial charge in [-0.25, -0.2) is 4.79 Å². The number of halogens is 4. The Bertz CT molecular complexity index is 1100. The minimum atomic E-state index is -1.47. The first-order valence-electron chi connectivity index (χ1n) is 8.03. The minimum Gasteiger partial charge on any atom is -0.478 e. The molecule has 0 bridgehead atoms. The smallest absolute Gasteiger partial charge is 0.338 e. The number of rotatable bonds is 5. The van der Waals surface area contributed by atoms with Crippen molar-refractivity contribution in [3.05, 3.63) is 85.8 Å². The molecule has 0 aliphatic carbocycles. The molecule has 29 heavy (non-hydrogen) atoms. The quantitative estimate of drug-likeness (QED) is 0.309. The first kappa shape index (κ1) is 21.3. The van der Waals surface area contributed by atoms with E-state index in [1.165, 1.54) is 0 Å². The van der Waals surface area contributed by atoms with Crippen molar-refractivity contribution in [2.75, 3.05) is 5.32 Å². The van der Waals surface area contributed by atoms with E-state index in [4.69, 9.17) is 51.1 Å². The summed E-state index contributed by atoms with van der Waals surface area (Å²) in [5.41, 5.74) is -0.591. The van der Waals surface area contributed by atoms with Gasteiger partial charge in [-0.15, -0.1) is 0 Å². The fourth-order valence-electron chi connectivity index (χ4n) is 2.50. The topological polar surface area (TPSA) is 75.6 Å². The molecule has 0 aliphatic rings. The summed E-state index contributed by atoms with van der Waals surface area (Å²) in [6.45, 7) is 0. The summed E-state index contributed by atoms with van der Waals surface area (Å²) in [5, 5.41) is 10.9. The number of carboxylic acids is 1. The lowest BCUT2D eigenvalue weighted by atomic mass is 10.1. The summed E-state index contributed by atoms with van der Waals surface area (Å²) >= 11 is 24.0. The van der Waals surface area contributed by atoms with Crippen LogP contribution in [0.2, 0.25) is 20.1 Å². The molecule has 0 aromatic heterocycles. The normalized spacial score (nSPS) is 10.5. The average Bonchev–Trinajstić information content (AvgIpc) is 2.69. The molecule has 9 heteroatoms. The second-order valence-corrected chi connectivity index (χ2v) is 7.22. The highest BCUT2D eigenvalue weighted by Gasteiger charge is 2.28. The van der Waals surface area contributed by atoms with Crippen molar-refractivity contribution < 1.29 is 19.4 Å². The van der Waals surface area contributed by atoms with Crippen LogP contribution in [0.5, 0.6) is 11.5 Å². The largest absolute Gasteiger partial charge is 0.478 e. The summed E-state index contributed by atoms with van der Waals surface area (Å²) in [6, 6.07) is 15.6. The third kappa shape index (κ3) is 4.60. The number of hydrogen-bond donors (Lipinski definition) is 2. The molecule has 0 saturated heterocycles. The monoisotopic (exact) mass is 469 g/mol. The highest BCUT2D eigenvalue weighted by atomic mass is 35.5. The lowest BCUT2D eigenvalue weighted by molar-refractivity contribution is 0.0692. The molecule has 5 nitrogen and oxygen atoms in total. The number of ether oxygens (including phenoxy) is 1. The predicted molar refractivity (Wildman–Crippen MR) is 114 cm³/mol. The van der Waals surface area contributed by atoms with Gasteiger partial charge in [-0.1, -0.05) is 70.7 Å². The lowest BCUT2D eigenvalue weighted by Crippen LogP contribution is -2.18. The van der Waals surface area contributed by atoms with Crippen LogP contribution in [-0.4, -0.2) is 17.0 Å². The first-order valence-corrected chi connectivity index (χ1v) is 9.54. The van der Waals surface area contributed by atoms with Crippen molar-refractivity contribution in [3.8, 4) is 11.5 Å².